The Labute approximate surface area is 131 Å². The number of hydrogen-bond donors (Lipinski definition) is 2. The predicted molar refractivity (Wildman–Crippen MR) is 80.9 cm³/mol. The summed E-state index contributed by atoms with van der Waals surface area (Å²) in [4.78, 5) is 31.3. The Kier molecular flexibility index (Phi) is 4.89. The van der Waals surface area contributed by atoms with Crippen molar-refractivity contribution < 1.29 is 14.8 Å². The Bertz CT molecular complexity index is 736. The van der Waals surface area contributed by atoms with Crippen molar-refractivity contribution in [1.82, 2.24) is 20.3 Å². The molecule has 0 aliphatic carbocycles. The maximum absolute atomic E-state index is 12.3. The molecule has 1 aromatic heterocycles. The van der Waals surface area contributed by atoms with Crippen LogP contribution in [0.4, 0.5) is 0 Å². The summed E-state index contributed by atoms with van der Waals surface area (Å²) in [5.41, 5.74) is 2.72. The molecule has 1 aromatic carbocycles. The molecule has 7 nitrogen and oxygen atoms in total. The van der Waals surface area contributed by atoms with Gasteiger partial charge in [0.15, 0.2) is 0 Å². The molecule has 116 valence electrons. The highest BCUT2D eigenvalue weighted by Crippen LogP contribution is 2.24. The minimum Gasteiger partial charge on any atom is -0.350 e. The van der Waals surface area contributed by atoms with Crippen molar-refractivity contribution in [3.63, 3.8) is 0 Å². The lowest BCUT2D eigenvalue weighted by atomic mass is 10.1. The molecule has 0 fully saturated rings. The summed E-state index contributed by atoms with van der Waals surface area (Å²) in [5.74, 6) is -0.438. The van der Waals surface area contributed by atoms with Gasteiger partial charge in [-0.15, -0.1) is 0 Å². The van der Waals surface area contributed by atoms with Crippen LogP contribution in [0.2, 0.25) is 5.02 Å². The number of carbonyl (C=O) groups excluding carboxylic acids is 2. The number of amides is 2. The summed E-state index contributed by atoms with van der Waals surface area (Å²) >= 11 is 6.11. The van der Waals surface area contributed by atoms with E-state index in [1.165, 1.54) is 0 Å². The first kappa shape index (κ1) is 16.1. The standard InChI is InChI=1S/C14H15ClN4O3/c1-8-9(2)18-13-11(17-8)4-3-10(15)12(13)14(21)16-5-6-19(22)7-20/h3-4,7,22H,5-6H2,1-2H3,(H,16,21). The lowest BCUT2D eigenvalue weighted by molar-refractivity contribution is -0.149. The fourth-order valence-corrected chi connectivity index (χ4v) is 2.15. The molecular formula is C14H15ClN4O3. The van der Waals surface area contributed by atoms with E-state index in [9.17, 15) is 9.59 Å². The molecule has 0 saturated carbocycles. The third kappa shape index (κ3) is 3.32. The third-order valence-electron chi connectivity index (χ3n) is 3.17. The lowest BCUT2D eigenvalue weighted by Gasteiger charge is -2.12. The Hall–Kier alpha value is -2.25. The largest absolute Gasteiger partial charge is 0.350 e. The van der Waals surface area contributed by atoms with E-state index in [2.05, 4.69) is 15.3 Å². The van der Waals surface area contributed by atoms with Crippen LogP contribution in [0.1, 0.15) is 21.7 Å². The maximum Gasteiger partial charge on any atom is 0.255 e. The molecule has 0 aliphatic heterocycles. The summed E-state index contributed by atoms with van der Waals surface area (Å²) in [6.45, 7) is 3.70. The smallest absolute Gasteiger partial charge is 0.255 e. The number of fused-ring (bicyclic) bond motifs is 1. The minimum absolute atomic E-state index is 0.0263. The lowest BCUT2D eigenvalue weighted by Crippen LogP contribution is -2.33. The molecule has 8 heteroatoms. The topological polar surface area (TPSA) is 95.4 Å². The number of aromatic nitrogens is 2. The predicted octanol–water partition coefficient (Wildman–Crippen LogP) is 1.48. The molecule has 0 saturated heterocycles. The number of carbonyl (C=O) groups is 2. The Morgan fingerprint density at radius 3 is 2.73 bits per heavy atom. The van der Waals surface area contributed by atoms with Crippen molar-refractivity contribution in [3.8, 4) is 0 Å². The van der Waals surface area contributed by atoms with E-state index in [1.54, 1.807) is 19.1 Å². The Morgan fingerprint density at radius 1 is 1.36 bits per heavy atom. The van der Waals surface area contributed by atoms with E-state index in [-0.39, 0.29) is 30.1 Å². The highest BCUT2D eigenvalue weighted by molar-refractivity contribution is 6.35. The van der Waals surface area contributed by atoms with Gasteiger partial charge in [-0.25, -0.2) is 15.0 Å². The molecule has 0 unspecified atom stereocenters. The number of hydrogen-bond acceptors (Lipinski definition) is 5. The quantitative estimate of drug-likeness (QED) is 0.494. The van der Waals surface area contributed by atoms with Gasteiger partial charge in [-0.2, -0.15) is 0 Å². The van der Waals surface area contributed by atoms with Gasteiger partial charge in [-0.3, -0.25) is 14.8 Å². The second kappa shape index (κ2) is 6.67. The van der Waals surface area contributed by atoms with Crippen LogP contribution in [0.15, 0.2) is 12.1 Å². The minimum atomic E-state index is -0.438. The number of benzene rings is 1. The molecule has 0 spiro atoms. The van der Waals surface area contributed by atoms with E-state index in [0.29, 0.717) is 21.8 Å². The van der Waals surface area contributed by atoms with Gasteiger partial charge >= 0.3 is 0 Å². The zero-order valence-electron chi connectivity index (χ0n) is 12.1. The molecule has 0 aliphatic rings. The monoisotopic (exact) mass is 322 g/mol. The summed E-state index contributed by atoms with van der Waals surface area (Å²) < 4.78 is 0. The average molecular weight is 323 g/mol. The molecule has 0 bridgehead atoms. The average Bonchev–Trinajstić information content (AvgIpc) is 2.48. The number of aryl methyl sites for hydroxylation is 2. The van der Waals surface area contributed by atoms with Crippen LogP contribution in [-0.4, -0.2) is 45.6 Å². The highest BCUT2D eigenvalue weighted by atomic mass is 35.5. The SMILES string of the molecule is Cc1nc2ccc(Cl)c(C(=O)NCCN(O)C=O)c2nc1C. The van der Waals surface area contributed by atoms with Crippen molar-refractivity contribution in [2.75, 3.05) is 13.1 Å². The van der Waals surface area contributed by atoms with Gasteiger partial charge in [-0.05, 0) is 26.0 Å². The summed E-state index contributed by atoms with van der Waals surface area (Å²) in [5, 5.41) is 12.3. The fourth-order valence-electron chi connectivity index (χ4n) is 1.91. The number of rotatable bonds is 5. The van der Waals surface area contributed by atoms with Gasteiger partial charge in [-0.1, -0.05) is 11.6 Å². The van der Waals surface area contributed by atoms with E-state index < -0.39 is 5.91 Å². The van der Waals surface area contributed by atoms with Crippen LogP contribution in [0, 0.1) is 13.8 Å². The zero-order chi connectivity index (χ0) is 16.3. The maximum atomic E-state index is 12.3. The molecule has 2 amide bonds. The van der Waals surface area contributed by atoms with Crippen LogP contribution >= 0.6 is 11.6 Å². The Morgan fingerprint density at radius 2 is 2.05 bits per heavy atom. The second-order valence-electron chi connectivity index (χ2n) is 4.71. The third-order valence-corrected chi connectivity index (χ3v) is 3.49. The van der Waals surface area contributed by atoms with Crippen LogP contribution in [0.3, 0.4) is 0 Å². The van der Waals surface area contributed by atoms with Crippen LogP contribution in [0.25, 0.3) is 11.0 Å². The second-order valence-corrected chi connectivity index (χ2v) is 5.12. The van der Waals surface area contributed by atoms with Crippen molar-refractivity contribution in [2.24, 2.45) is 0 Å². The van der Waals surface area contributed by atoms with Crippen molar-refractivity contribution >= 4 is 35.0 Å². The summed E-state index contributed by atoms with van der Waals surface area (Å²) in [6, 6.07) is 3.29. The first-order valence-corrected chi connectivity index (χ1v) is 6.94. The van der Waals surface area contributed by atoms with E-state index in [1.807, 2.05) is 6.92 Å². The molecular weight excluding hydrogens is 308 g/mol. The van der Waals surface area contributed by atoms with Gasteiger partial charge in [0.1, 0.15) is 5.52 Å². The molecule has 0 atom stereocenters. The van der Waals surface area contributed by atoms with E-state index in [0.717, 1.165) is 5.69 Å². The number of hydroxylamine groups is 2. The van der Waals surface area contributed by atoms with Gasteiger partial charge in [0.2, 0.25) is 6.41 Å². The summed E-state index contributed by atoms with van der Waals surface area (Å²) in [6.07, 6.45) is 0.259. The number of nitrogens with one attached hydrogen (secondary N) is 1. The van der Waals surface area contributed by atoms with Gasteiger partial charge < -0.3 is 5.32 Å². The van der Waals surface area contributed by atoms with Crippen LogP contribution < -0.4 is 5.32 Å². The molecule has 0 radical (unpaired) electrons. The zero-order valence-corrected chi connectivity index (χ0v) is 12.9. The molecule has 2 aromatic rings. The molecule has 2 rings (SSSR count). The molecule has 2 N–H and O–H groups in total. The summed E-state index contributed by atoms with van der Waals surface area (Å²) in [7, 11) is 0. The highest BCUT2D eigenvalue weighted by Gasteiger charge is 2.17. The fraction of sp³-hybridized carbons (Fsp3) is 0.286. The van der Waals surface area contributed by atoms with Gasteiger partial charge in [0.05, 0.1) is 34.0 Å². The van der Waals surface area contributed by atoms with Crippen molar-refractivity contribution in [1.29, 1.82) is 0 Å². The van der Waals surface area contributed by atoms with E-state index >= 15 is 0 Å². The Balaban J connectivity index is 2.33. The number of nitrogens with zero attached hydrogens (tertiary/aromatic N) is 3. The van der Waals surface area contributed by atoms with Crippen molar-refractivity contribution in [3.05, 3.63) is 34.1 Å². The van der Waals surface area contributed by atoms with Gasteiger partial charge in [0.25, 0.3) is 5.91 Å². The molecule has 1 heterocycles. The van der Waals surface area contributed by atoms with Crippen LogP contribution in [0.5, 0.6) is 0 Å². The first-order chi connectivity index (χ1) is 10.4. The number of halogens is 1. The van der Waals surface area contributed by atoms with Crippen LogP contribution in [-0.2, 0) is 4.79 Å². The first-order valence-electron chi connectivity index (χ1n) is 6.56. The van der Waals surface area contributed by atoms with E-state index in [4.69, 9.17) is 16.8 Å². The van der Waals surface area contributed by atoms with Crippen molar-refractivity contribution in [2.45, 2.75) is 13.8 Å². The molecule has 22 heavy (non-hydrogen) atoms. The van der Waals surface area contributed by atoms with Gasteiger partial charge in [0, 0.05) is 6.54 Å². The normalized spacial score (nSPS) is 10.5.